The topological polar surface area (TPSA) is 229 Å². The van der Waals surface area contributed by atoms with E-state index in [-0.39, 0.29) is 61.5 Å². The van der Waals surface area contributed by atoms with E-state index in [0.29, 0.717) is 25.7 Å². The number of carboxylic acid groups (broad SMARTS) is 6. The van der Waals surface area contributed by atoms with Gasteiger partial charge in [-0.15, -0.1) is 0 Å². The molecule has 0 aromatic rings. The van der Waals surface area contributed by atoms with Gasteiger partial charge in [-0.25, -0.2) is 0 Å². The molecule has 0 bridgehead atoms. The van der Waals surface area contributed by atoms with Crippen LogP contribution in [-0.4, -0.2) is 105 Å². The molecule has 0 rings (SSSR count). The third kappa shape index (κ3) is 162. The Kier molecular flexibility index (Phi) is 147. The van der Waals surface area contributed by atoms with E-state index in [4.69, 9.17) is 20.4 Å². The molecule has 0 aromatic carbocycles. The van der Waals surface area contributed by atoms with Gasteiger partial charge in [-0.3, -0.25) is 19.2 Å². The van der Waals surface area contributed by atoms with E-state index in [0.717, 1.165) is 77.0 Å². The first-order valence-corrected chi connectivity index (χ1v) is 53.9. The third-order valence-electron chi connectivity index (χ3n) is 23.9. The van der Waals surface area contributed by atoms with Gasteiger partial charge < -0.3 is 40.2 Å². The van der Waals surface area contributed by atoms with Crippen LogP contribution in [0.5, 0.6) is 0 Å². The molecule has 0 saturated carbocycles. The van der Waals surface area contributed by atoms with Crippen LogP contribution in [0.25, 0.3) is 0 Å². The van der Waals surface area contributed by atoms with Gasteiger partial charge in [-0.2, -0.15) is 0 Å². The van der Waals surface area contributed by atoms with E-state index < -0.39 is 35.8 Å². The number of aliphatic carboxylic acids is 6. The van der Waals surface area contributed by atoms with Crippen molar-refractivity contribution in [1.29, 1.82) is 0 Å². The summed E-state index contributed by atoms with van der Waals surface area (Å²) >= 11 is 0. The van der Waals surface area contributed by atoms with Crippen molar-refractivity contribution < 1.29 is 59.4 Å². The van der Waals surface area contributed by atoms with Crippen molar-refractivity contribution in [2.75, 3.05) is 0 Å². The number of unbranched alkanes of at least 4 members (excludes halogenated alkanes) is 84. The zero-order chi connectivity index (χ0) is 89.3. The number of carboxylic acids is 6. The first-order valence-electron chi connectivity index (χ1n) is 53.9. The summed E-state index contributed by atoms with van der Waals surface area (Å²) in [5.41, 5.74) is 0. The molecule has 728 valence electrons. The van der Waals surface area contributed by atoms with Gasteiger partial charge in [0.25, 0.3) is 0 Å². The maximum absolute atomic E-state index is 10.3. The summed E-state index contributed by atoms with van der Waals surface area (Å²) in [4.78, 5) is 61.8. The minimum Gasteiger partial charge on any atom is -0.550 e. The summed E-state index contributed by atoms with van der Waals surface area (Å²) in [7, 11) is 0. The van der Waals surface area contributed by atoms with Crippen LogP contribution in [0.1, 0.15) is 658 Å². The first kappa shape index (κ1) is 136. The number of rotatable bonds is 96. The Bertz CT molecular complexity index is 1570. The maximum Gasteiger partial charge on any atom is 2.00 e. The second kappa shape index (κ2) is 132. The van der Waals surface area contributed by atoms with Gasteiger partial charge in [0.2, 0.25) is 0 Å². The van der Waals surface area contributed by atoms with Crippen molar-refractivity contribution in [1.82, 2.24) is 0 Å². The summed E-state index contributed by atoms with van der Waals surface area (Å²) in [6, 6.07) is 0. The Morgan fingerprint density at radius 1 is 0.139 bits per heavy atom. The van der Waals surface area contributed by atoms with Crippen molar-refractivity contribution >= 4 is 84.5 Å². The quantitative estimate of drug-likeness (QED) is 0.0329. The van der Waals surface area contributed by atoms with Crippen molar-refractivity contribution in [3.8, 4) is 0 Å². The fourth-order valence-electron chi connectivity index (χ4n) is 15.9. The molecule has 0 atom stereocenters. The van der Waals surface area contributed by atoms with E-state index in [1.165, 1.54) is 501 Å². The van der Waals surface area contributed by atoms with Crippen molar-refractivity contribution in [2.24, 2.45) is 0 Å². The van der Waals surface area contributed by atoms with Crippen molar-refractivity contribution in [3.63, 3.8) is 0 Å². The molecule has 0 aromatic heterocycles. The SMILES string of the molecule is CCCCCCCCCCCCCCCCCC(=O)O.CCCCCCCCCCCCCCCCCC(=O)O.CCCCCCCCCCCCCCCCCC(=O)O.CCCCCCCCCCCCCCCCCC(=O)O.CCCCCCCCCCCCCCCCCC(=O)[O-].CCCCCCCCCCCCCCCCCC(=O)[O-].[Ca+2].[SiH4]. The summed E-state index contributed by atoms with van der Waals surface area (Å²) in [6.07, 6.45) is 121. The van der Waals surface area contributed by atoms with Crippen molar-refractivity contribution in [3.05, 3.63) is 0 Å². The molecular formula is C108H218CaO12Si. The van der Waals surface area contributed by atoms with Crippen LogP contribution < -0.4 is 10.2 Å². The van der Waals surface area contributed by atoms with Gasteiger partial charge in [-0.1, -0.05) is 581 Å². The second-order valence-corrected chi connectivity index (χ2v) is 36.5. The normalized spacial score (nSPS) is 10.7. The molecule has 0 heterocycles. The van der Waals surface area contributed by atoms with Crippen LogP contribution in [0.2, 0.25) is 0 Å². The molecule has 0 aliphatic heterocycles. The number of hydrogen-bond donors (Lipinski definition) is 4. The monoisotopic (exact) mass is 1780 g/mol. The minimum absolute atomic E-state index is 0. The fraction of sp³-hybridized carbons (Fsp3) is 0.944. The molecule has 0 aliphatic carbocycles. The Labute approximate surface area is 795 Å². The standard InChI is InChI=1S/6C18H36O2.Ca.H4Si/c6*1-2-3-4-5-6-7-8-9-10-11-12-13-14-15-16-17-18(19)20;;/h6*2-17H2,1H3,(H,19,20);;1H4/q;;;;;;+2;/p-2. The molecule has 0 unspecified atom stereocenters. The van der Waals surface area contributed by atoms with Crippen LogP contribution >= 0.6 is 0 Å². The van der Waals surface area contributed by atoms with Gasteiger partial charge in [0.05, 0.1) is 0 Å². The van der Waals surface area contributed by atoms with Gasteiger partial charge in [0.1, 0.15) is 0 Å². The van der Waals surface area contributed by atoms with Crippen molar-refractivity contribution in [2.45, 2.75) is 658 Å². The zero-order valence-corrected chi connectivity index (χ0v) is 84.9. The van der Waals surface area contributed by atoms with Crippen LogP contribution in [0.3, 0.4) is 0 Å². The van der Waals surface area contributed by atoms with Crippen LogP contribution in [0.4, 0.5) is 0 Å². The van der Waals surface area contributed by atoms with Crippen LogP contribution in [0.15, 0.2) is 0 Å². The second-order valence-electron chi connectivity index (χ2n) is 36.5. The molecule has 0 fully saturated rings. The van der Waals surface area contributed by atoms with Crippen LogP contribution in [0, 0.1) is 0 Å². The Morgan fingerprint density at radius 3 is 0.270 bits per heavy atom. The van der Waals surface area contributed by atoms with E-state index in [9.17, 15) is 39.0 Å². The number of carbonyl (C=O) groups is 6. The molecule has 0 radical (unpaired) electrons. The predicted octanol–water partition coefficient (Wildman–Crippen LogP) is 33.5. The van der Waals surface area contributed by atoms with Crippen LogP contribution in [-0.2, 0) is 28.8 Å². The summed E-state index contributed by atoms with van der Waals surface area (Å²) in [5, 5.41) is 54.5. The van der Waals surface area contributed by atoms with E-state index >= 15 is 0 Å². The Balaban J connectivity index is -0.000000212. The average Bonchev–Trinajstić information content (AvgIpc) is 1.20. The maximum atomic E-state index is 10.3. The molecule has 0 spiro atoms. The Morgan fingerprint density at radius 2 is 0.205 bits per heavy atom. The smallest absolute Gasteiger partial charge is 0.550 e. The summed E-state index contributed by atoms with van der Waals surface area (Å²) < 4.78 is 0. The van der Waals surface area contributed by atoms with Gasteiger partial charge in [0, 0.05) is 37.6 Å². The largest absolute Gasteiger partial charge is 2.00 e. The molecule has 0 saturated heterocycles. The molecule has 0 amide bonds. The van der Waals surface area contributed by atoms with Gasteiger partial charge >= 0.3 is 61.6 Å². The van der Waals surface area contributed by atoms with Gasteiger partial charge in [-0.05, 0) is 62.3 Å². The molecule has 14 heteroatoms. The minimum atomic E-state index is -0.903. The fourth-order valence-corrected chi connectivity index (χ4v) is 15.9. The molecule has 0 aliphatic rings. The summed E-state index contributed by atoms with van der Waals surface area (Å²) in [5.74, 6) is -4.42. The average molecular weight is 1780 g/mol. The predicted molar refractivity (Wildman–Crippen MR) is 535 cm³/mol. The number of carbonyl (C=O) groups excluding carboxylic acids is 2. The first-order chi connectivity index (χ1) is 58.6. The summed E-state index contributed by atoms with van der Waals surface area (Å²) in [6.45, 7) is 13.6. The molecule has 12 nitrogen and oxygen atoms in total. The zero-order valence-electron chi connectivity index (χ0n) is 82.6. The molecule has 4 N–H and O–H groups in total. The Hall–Kier alpha value is -1.70. The molecular weight excluding hydrogens is 1560 g/mol. The molecule has 122 heavy (non-hydrogen) atoms. The van der Waals surface area contributed by atoms with E-state index in [1.807, 2.05) is 0 Å². The van der Waals surface area contributed by atoms with Gasteiger partial charge in [0.15, 0.2) is 0 Å². The number of hydrogen-bond acceptors (Lipinski definition) is 8. The third-order valence-corrected chi connectivity index (χ3v) is 23.9. The van der Waals surface area contributed by atoms with E-state index in [2.05, 4.69) is 41.5 Å². The van der Waals surface area contributed by atoms with E-state index in [1.54, 1.807) is 0 Å².